The Morgan fingerprint density at radius 1 is 1.55 bits per heavy atom. The van der Waals surface area contributed by atoms with E-state index in [2.05, 4.69) is 45.5 Å². The van der Waals surface area contributed by atoms with Gasteiger partial charge in [-0.3, -0.25) is 4.79 Å². The maximum atomic E-state index is 11.9. The average Bonchev–Trinajstić information content (AvgIpc) is 2.82. The molecule has 2 rings (SSSR count). The Morgan fingerprint density at radius 2 is 2.35 bits per heavy atom. The molecule has 0 aliphatic heterocycles. The Hall–Kier alpha value is -1.68. The van der Waals surface area contributed by atoms with E-state index in [-0.39, 0.29) is 5.56 Å². The SMILES string of the molecule is C=C/C=C\C=C(/CCC)C1=Cc2nc(Br)[nH]c(=O)c2C1. The molecule has 0 radical (unpaired) electrons. The number of hydrogen-bond donors (Lipinski definition) is 1. The van der Waals surface area contributed by atoms with Crippen molar-refractivity contribution in [3.8, 4) is 0 Å². The van der Waals surface area contributed by atoms with Gasteiger partial charge in [0.15, 0.2) is 4.73 Å². The Labute approximate surface area is 127 Å². The predicted octanol–water partition coefficient (Wildman–Crippen LogP) is 3.94. The quantitative estimate of drug-likeness (QED) is 0.655. The van der Waals surface area contributed by atoms with Crippen LogP contribution < -0.4 is 5.56 Å². The van der Waals surface area contributed by atoms with E-state index in [0.717, 1.165) is 24.1 Å². The fraction of sp³-hybridized carbons (Fsp3) is 0.250. The lowest BCUT2D eigenvalue weighted by molar-refractivity contribution is 0.901. The Kier molecular flexibility index (Phi) is 4.90. The van der Waals surface area contributed by atoms with Gasteiger partial charge in [0.2, 0.25) is 0 Å². The fourth-order valence-electron chi connectivity index (χ4n) is 2.26. The van der Waals surface area contributed by atoms with Crippen molar-refractivity contribution in [3.63, 3.8) is 0 Å². The first-order valence-corrected chi connectivity index (χ1v) is 7.43. The van der Waals surface area contributed by atoms with Crippen LogP contribution >= 0.6 is 15.9 Å². The highest BCUT2D eigenvalue weighted by molar-refractivity contribution is 9.10. The van der Waals surface area contributed by atoms with E-state index in [0.29, 0.717) is 11.2 Å². The standard InChI is InChI=1S/C16H17BrN2O/c1-3-5-6-8-11(7-4-2)12-9-13-14(10-12)18-16(17)19-15(13)20/h3,5-6,8,10H,1,4,7,9H2,2H3,(H,18,19,20)/b6-5-,11-8+. The van der Waals surface area contributed by atoms with E-state index in [1.807, 2.05) is 18.2 Å². The number of fused-ring (bicyclic) bond motifs is 1. The van der Waals surface area contributed by atoms with Gasteiger partial charge in [-0.15, -0.1) is 0 Å². The first kappa shape index (κ1) is 14.7. The molecular weight excluding hydrogens is 316 g/mol. The maximum absolute atomic E-state index is 11.9. The van der Waals surface area contributed by atoms with Gasteiger partial charge in [-0.2, -0.15) is 0 Å². The molecule has 3 nitrogen and oxygen atoms in total. The van der Waals surface area contributed by atoms with Crippen LogP contribution in [0.25, 0.3) is 6.08 Å². The van der Waals surface area contributed by atoms with E-state index < -0.39 is 0 Å². The van der Waals surface area contributed by atoms with E-state index in [1.165, 1.54) is 11.1 Å². The van der Waals surface area contributed by atoms with Crippen LogP contribution in [-0.4, -0.2) is 9.97 Å². The molecule has 0 unspecified atom stereocenters. The lowest BCUT2D eigenvalue weighted by atomic mass is 9.99. The second kappa shape index (κ2) is 6.66. The molecule has 1 heterocycles. The molecule has 20 heavy (non-hydrogen) atoms. The number of H-pyrrole nitrogens is 1. The second-order valence-corrected chi connectivity index (χ2v) is 5.38. The van der Waals surface area contributed by atoms with Crippen LogP contribution in [0, 0.1) is 0 Å². The zero-order valence-corrected chi connectivity index (χ0v) is 13.0. The molecule has 1 aromatic rings. The topological polar surface area (TPSA) is 45.8 Å². The number of rotatable bonds is 5. The van der Waals surface area contributed by atoms with Gasteiger partial charge in [0.05, 0.1) is 5.69 Å². The van der Waals surface area contributed by atoms with Crippen LogP contribution in [0.1, 0.15) is 31.0 Å². The Balaban J connectivity index is 2.34. The fourth-order valence-corrected chi connectivity index (χ4v) is 2.63. The highest BCUT2D eigenvalue weighted by Gasteiger charge is 2.19. The van der Waals surface area contributed by atoms with Gasteiger partial charge in [-0.25, -0.2) is 4.98 Å². The highest BCUT2D eigenvalue weighted by atomic mass is 79.9. The summed E-state index contributed by atoms with van der Waals surface area (Å²) < 4.78 is 0.478. The molecule has 0 atom stereocenters. The molecule has 0 saturated heterocycles. The van der Waals surface area contributed by atoms with Crippen molar-refractivity contribution in [1.29, 1.82) is 0 Å². The normalized spacial score (nSPS) is 14.5. The summed E-state index contributed by atoms with van der Waals surface area (Å²) >= 11 is 3.22. The molecule has 0 fully saturated rings. The highest BCUT2D eigenvalue weighted by Crippen LogP contribution is 2.29. The van der Waals surface area contributed by atoms with Crippen molar-refractivity contribution < 1.29 is 0 Å². The summed E-state index contributed by atoms with van der Waals surface area (Å²) in [7, 11) is 0. The molecule has 104 valence electrons. The third-order valence-corrected chi connectivity index (χ3v) is 3.55. The van der Waals surface area contributed by atoms with E-state index >= 15 is 0 Å². The van der Waals surface area contributed by atoms with Crippen molar-refractivity contribution in [2.45, 2.75) is 26.2 Å². The zero-order chi connectivity index (χ0) is 14.5. The van der Waals surface area contributed by atoms with Crippen molar-refractivity contribution in [1.82, 2.24) is 9.97 Å². The summed E-state index contributed by atoms with van der Waals surface area (Å²) in [6, 6.07) is 0. The Morgan fingerprint density at radius 3 is 3.05 bits per heavy atom. The van der Waals surface area contributed by atoms with Crippen LogP contribution in [0.15, 0.2) is 51.6 Å². The van der Waals surface area contributed by atoms with Gasteiger partial charge < -0.3 is 4.98 Å². The lowest BCUT2D eigenvalue weighted by Crippen LogP contribution is -2.14. The molecule has 0 bridgehead atoms. The number of nitrogens with zero attached hydrogens (tertiary/aromatic N) is 1. The average molecular weight is 333 g/mol. The second-order valence-electron chi connectivity index (χ2n) is 4.63. The molecule has 0 amide bonds. The number of halogens is 1. The van der Waals surface area contributed by atoms with Gasteiger partial charge in [-0.05, 0) is 39.6 Å². The van der Waals surface area contributed by atoms with Crippen LogP contribution in [0.3, 0.4) is 0 Å². The number of aromatic amines is 1. The van der Waals surface area contributed by atoms with Gasteiger partial charge in [0.25, 0.3) is 5.56 Å². The largest absolute Gasteiger partial charge is 0.301 e. The van der Waals surface area contributed by atoms with Gasteiger partial charge in [0.1, 0.15) is 0 Å². The van der Waals surface area contributed by atoms with Crippen molar-refractivity contribution in [2.24, 2.45) is 0 Å². The van der Waals surface area contributed by atoms with E-state index in [9.17, 15) is 4.79 Å². The van der Waals surface area contributed by atoms with Crippen molar-refractivity contribution in [2.75, 3.05) is 0 Å². The van der Waals surface area contributed by atoms with E-state index in [4.69, 9.17) is 0 Å². The minimum atomic E-state index is -0.0643. The smallest absolute Gasteiger partial charge is 0.255 e. The Bertz CT molecular complexity index is 666. The molecule has 1 aromatic heterocycles. The maximum Gasteiger partial charge on any atom is 0.255 e. The van der Waals surface area contributed by atoms with Crippen LogP contribution in [0.2, 0.25) is 0 Å². The monoisotopic (exact) mass is 332 g/mol. The molecule has 1 aliphatic carbocycles. The molecule has 0 aromatic carbocycles. The summed E-state index contributed by atoms with van der Waals surface area (Å²) in [6.45, 7) is 5.81. The summed E-state index contributed by atoms with van der Waals surface area (Å²) in [5.41, 5.74) is 3.87. The summed E-state index contributed by atoms with van der Waals surface area (Å²) in [5.74, 6) is 0. The number of aromatic nitrogens is 2. The van der Waals surface area contributed by atoms with Gasteiger partial charge in [-0.1, -0.05) is 44.2 Å². The van der Waals surface area contributed by atoms with Crippen LogP contribution in [0.5, 0.6) is 0 Å². The molecular formula is C16H17BrN2O. The third-order valence-electron chi connectivity index (χ3n) is 3.17. The first-order valence-electron chi connectivity index (χ1n) is 6.63. The van der Waals surface area contributed by atoms with Crippen molar-refractivity contribution in [3.05, 3.63) is 68.4 Å². The number of allylic oxidation sites excluding steroid dienone is 6. The number of nitrogens with one attached hydrogen (secondary N) is 1. The molecule has 1 N–H and O–H groups in total. The van der Waals surface area contributed by atoms with Gasteiger partial charge in [0, 0.05) is 12.0 Å². The predicted molar refractivity (Wildman–Crippen MR) is 86.6 cm³/mol. The lowest BCUT2D eigenvalue weighted by Gasteiger charge is -2.06. The van der Waals surface area contributed by atoms with Crippen LogP contribution in [-0.2, 0) is 6.42 Å². The van der Waals surface area contributed by atoms with Crippen molar-refractivity contribution >= 4 is 22.0 Å². The summed E-state index contributed by atoms with van der Waals surface area (Å²) in [4.78, 5) is 18.9. The number of hydrogen-bond acceptors (Lipinski definition) is 2. The minimum absolute atomic E-state index is 0.0643. The molecule has 0 spiro atoms. The van der Waals surface area contributed by atoms with E-state index in [1.54, 1.807) is 6.08 Å². The third kappa shape index (κ3) is 3.25. The summed E-state index contributed by atoms with van der Waals surface area (Å²) in [5, 5.41) is 0. The molecule has 0 saturated carbocycles. The molecule has 1 aliphatic rings. The summed E-state index contributed by atoms with van der Waals surface area (Å²) in [6.07, 6.45) is 12.4. The zero-order valence-electron chi connectivity index (χ0n) is 11.4. The first-order chi connectivity index (χ1) is 9.65. The minimum Gasteiger partial charge on any atom is -0.301 e. The van der Waals surface area contributed by atoms with Crippen LogP contribution in [0.4, 0.5) is 0 Å². The molecule has 4 heteroatoms. The van der Waals surface area contributed by atoms with Gasteiger partial charge >= 0.3 is 0 Å².